The number of nitriles is 1. The summed E-state index contributed by atoms with van der Waals surface area (Å²) in [6.45, 7) is 3.18. The van der Waals surface area contributed by atoms with Gasteiger partial charge in [0.1, 0.15) is 23.3 Å². The first-order valence-electron chi connectivity index (χ1n) is 10.1. The highest BCUT2D eigenvalue weighted by Gasteiger charge is 2.21. The van der Waals surface area contributed by atoms with Gasteiger partial charge in [-0.1, -0.05) is 18.2 Å². The Morgan fingerprint density at radius 1 is 1.12 bits per heavy atom. The number of oxazole rings is 1. The van der Waals surface area contributed by atoms with E-state index in [1.165, 1.54) is 6.07 Å². The highest BCUT2D eigenvalue weighted by atomic mass is 19.1. The normalized spacial score (nSPS) is 14.2. The zero-order chi connectivity index (χ0) is 22.7. The number of hydrogen-bond donors (Lipinski definition) is 1. The predicted molar refractivity (Wildman–Crippen MR) is 114 cm³/mol. The van der Waals surface area contributed by atoms with Gasteiger partial charge in [-0.15, -0.1) is 0 Å². The smallest absolute Gasteiger partial charge is 0.236 e. The number of nitrogens with one attached hydrogen (secondary N) is 1. The molecule has 0 spiro atoms. The summed E-state index contributed by atoms with van der Waals surface area (Å²) in [5.74, 6) is -1.94. The van der Waals surface area contributed by atoms with Crippen LogP contribution in [-0.2, 0) is 11.2 Å². The molecule has 1 N–H and O–H groups in total. The van der Waals surface area contributed by atoms with E-state index in [1.807, 2.05) is 18.0 Å². The number of halogens is 2. The third-order valence-electron chi connectivity index (χ3n) is 5.33. The Bertz CT molecular complexity index is 1140. The van der Waals surface area contributed by atoms with Gasteiger partial charge in [-0.2, -0.15) is 10.2 Å². The van der Waals surface area contributed by atoms with Crippen LogP contribution in [0, 0.1) is 23.0 Å². The maximum atomic E-state index is 14.0. The second kappa shape index (κ2) is 9.16. The first-order chi connectivity index (χ1) is 15.4. The lowest BCUT2D eigenvalue weighted by atomic mass is 10.1. The molecular formula is C23H21F2N5O2. The Morgan fingerprint density at radius 3 is 2.41 bits per heavy atom. The van der Waals surface area contributed by atoms with Crippen molar-refractivity contribution in [3.05, 3.63) is 65.4 Å². The molecule has 0 atom stereocenters. The number of carbonyl (C=O) groups is 1. The van der Waals surface area contributed by atoms with Crippen molar-refractivity contribution < 1.29 is 18.0 Å². The molecule has 2 heterocycles. The van der Waals surface area contributed by atoms with Gasteiger partial charge in [0.15, 0.2) is 0 Å². The molecule has 32 heavy (non-hydrogen) atoms. The largest absolute Gasteiger partial charge is 0.419 e. The molecule has 164 valence electrons. The monoisotopic (exact) mass is 437 g/mol. The number of piperazine rings is 1. The molecule has 1 saturated heterocycles. The molecular weight excluding hydrogens is 416 g/mol. The van der Waals surface area contributed by atoms with Crippen LogP contribution in [0.4, 0.5) is 20.4 Å². The maximum absolute atomic E-state index is 14.0. The van der Waals surface area contributed by atoms with Gasteiger partial charge in [0, 0.05) is 31.9 Å². The van der Waals surface area contributed by atoms with Crippen LogP contribution in [-0.4, -0.2) is 53.9 Å². The number of likely N-dealkylation sites (N-methyl/N-ethyl adjacent to an activating group) is 1. The SMILES string of the molecule is CN1CCN(C(=O)Cc2ccc(Nc3oc(-c4c(F)cccc4F)nc3C#N)cc2)CC1. The number of amides is 1. The van der Waals surface area contributed by atoms with E-state index in [-0.39, 0.29) is 23.4 Å². The summed E-state index contributed by atoms with van der Waals surface area (Å²) in [7, 11) is 2.04. The lowest BCUT2D eigenvalue weighted by molar-refractivity contribution is -0.132. The van der Waals surface area contributed by atoms with E-state index in [0.29, 0.717) is 12.1 Å². The standard InChI is InChI=1S/C23H21F2N5O2/c1-29-9-11-30(12-10-29)20(31)13-15-5-7-16(8-6-15)27-22-19(14-26)28-23(32-22)21-17(24)3-2-4-18(21)25/h2-8,27H,9-13H2,1H3. The maximum Gasteiger partial charge on any atom is 0.236 e. The van der Waals surface area contributed by atoms with Gasteiger partial charge in [0.25, 0.3) is 0 Å². The third-order valence-corrected chi connectivity index (χ3v) is 5.33. The Hall–Kier alpha value is -3.77. The first kappa shape index (κ1) is 21.5. The van der Waals surface area contributed by atoms with Crippen molar-refractivity contribution in [3.63, 3.8) is 0 Å². The van der Waals surface area contributed by atoms with Gasteiger partial charge in [-0.25, -0.2) is 8.78 Å². The van der Waals surface area contributed by atoms with Crippen molar-refractivity contribution >= 4 is 17.5 Å². The summed E-state index contributed by atoms with van der Waals surface area (Å²) in [6.07, 6.45) is 0.298. The minimum absolute atomic E-state index is 0.0218. The van der Waals surface area contributed by atoms with E-state index in [1.54, 1.807) is 24.3 Å². The average molecular weight is 437 g/mol. The molecule has 3 aromatic rings. The molecule has 1 aliphatic heterocycles. The molecule has 1 fully saturated rings. The van der Waals surface area contributed by atoms with E-state index < -0.39 is 17.2 Å². The number of rotatable bonds is 5. The van der Waals surface area contributed by atoms with Crippen LogP contribution in [0.15, 0.2) is 46.9 Å². The molecule has 0 radical (unpaired) electrons. The summed E-state index contributed by atoms with van der Waals surface area (Å²) < 4.78 is 33.5. The van der Waals surface area contributed by atoms with E-state index >= 15 is 0 Å². The Kier molecular flexibility index (Phi) is 6.14. The van der Waals surface area contributed by atoms with Crippen molar-refractivity contribution in [1.82, 2.24) is 14.8 Å². The van der Waals surface area contributed by atoms with Crippen LogP contribution in [0.5, 0.6) is 0 Å². The first-order valence-corrected chi connectivity index (χ1v) is 10.1. The number of nitrogens with zero attached hydrogens (tertiary/aromatic N) is 4. The number of carbonyl (C=O) groups excluding carboxylic acids is 1. The lowest BCUT2D eigenvalue weighted by Gasteiger charge is -2.32. The topological polar surface area (TPSA) is 85.4 Å². The minimum Gasteiger partial charge on any atom is -0.419 e. The van der Waals surface area contributed by atoms with E-state index in [0.717, 1.165) is 43.9 Å². The molecule has 7 nitrogen and oxygen atoms in total. The van der Waals surface area contributed by atoms with E-state index in [4.69, 9.17) is 4.42 Å². The fourth-order valence-corrected chi connectivity index (χ4v) is 3.47. The van der Waals surface area contributed by atoms with Crippen LogP contribution in [0.1, 0.15) is 11.3 Å². The summed E-state index contributed by atoms with van der Waals surface area (Å²) in [5, 5.41) is 12.2. The van der Waals surface area contributed by atoms with Crippen molar-refractivity contribution in [3.8, 4) is 17.5 Å². The van der Waals surface area contributed by atoms with Crippen LogP contribution in [0.2, 0.25) is 0 Å². The van der Waals surface area contributed by atoms with Gasteiger partial charge in [-0.3, -0.25) is 4.79 Å². The molecule has 0 saturated carbocycles. The average Bonchev–Trinajstić information content (AvgIpc) is 3.17. The van der Waals surface area contributed by atoms with Crippen LogP contribution in [0.25, 0.3) is 11.5 Å². The number of anilines is 2. The molecule has 0 unspecified atom stereocenters. The van der Waals surface area contributed by atoms with Gasteiger partial charge in [0.2, 0.25) is 23.4 Å². The zero-order valence-corrected chi connectivity index (χ0v) is 17.4. The second-order valence-electron chi connectivity index (χ2n) is 7.59. The summed E-state index contributed by atoms with van der Waals surface area (Å²) in [4.78, 5) is 20.5. The molecule has 4 rings (SSSR count). The zero-order valence-electron chi connectivity index (χ0n) is 17.4. The van der Waals surface area contributed by atoms with E-state index in [9.17, 15) is 18.8 Å². The molecule has 9 heteroatoms. The predicted octanol–water partition coefficient (Wildman–Crippen LogP) is 3.55. The van der Waals surface area contributed by atoms with Crippen molar-refractivity contribution in [2.24, 2.45) is 0 Å². The molecule has 1 amide bonds. The van der Waals surface area contributed by atoms with Gasteiger partial charge >= 0.3 is 0 Å². The fraction of sp³-hybridized carbons (Fsp3) is 0.261. The number of benzene rings is 2. The third kappa shape index (κ3) is 4.60. The summed E-state index contributed by atoms with van der Waals surface area (Å²) >= 11 is 0. The van der Waals surface area contributed by atoms with Crippen molar-refractivity contribution in [1.29, 1.82) is 5.26 Å². The second-order valence-corrected chi connectivity index (χ2v) is 7.59. The van der Waals surface area contributed by atoms with Crippen molar-refractivity contribution in [2.75, 3.05) is 38.5 Å². The number of aromatic nitrogens is 1. The number of hydrogen-bond acceptors (Lipinski definition) is 6. The fourth-order valence-electron chi connectivity index (χ4n) is 3.47. The molecule has 2 aromatic carbocycles. The Morgan fingerprint density at radius 2 is 1.78 bits per heavy atom. The van der Waals surface area contributed by atoms with Crippen LogP contribution >= 0.6 is 0 Å². The lowest BCUT2D eigenvalue weighted by Crippen LogP contribution is -2.47. The van der Waals surface area contributed by atoms with Crippen molar-refractivity contribution in [2.45, 2.75) is 6.42 Å². The molecule has 0 bridgehead atoms. The highest BCUT2D eigenvalue weighted by Crippen LogP contribution is 2.31. The minimum atomic E-state index is -0.836. The quantitative estimate of drug-likeness (QED) is 0.657. The van der Waals surface area contributed by atoms with Crippen LogP contribution in [0.3, 0.4) is 0 Å². The van der Waals surface area contributed by atoms with Crippen LogP contribution < -0.4 is 5.32 Å². The summed E-state index contributed by atoms with van der Waals surface area (Å²) in [5.41, 5.74) is 0.868. The van der Waals surface area contributed by atoms with Gasteiger partial charge in [-0.05, 0) is 36.9 Å². The van der Waals surface area contributed by atoms with E-state index in [2.05, 4.69) is 15.2 Å². The van der Waals surface area contributed by atoms with Gasteiger partial charge < -0.3 is 19.5 Å². The summed E-state index contributed by atoms with van der Waals surface area (Å²) in [6, 6.07) is 12.3. The molecule has 0 aliphatic carbocycles. The highest BCUT2D eigenvalue weighted by molar-refractivity contribution is 5.79. The molecule has 1 aromatic heterocycles. The van der Waals surface area contributed by atoms with Gasteiger partial charge in [0.05, 0.1) is 6.42 Å². The Labute approximate surface area is 183 Å². The Balaban J connectivity index is 1.46. The molecule has 1 aliphatic rings.